The minimum Gasteiger partial charge on any atom is -0.324 e. The molecule has 0 saturated carbocycles. The number of fused-ring (bicyclic) bond motifs is 2. The molecule has 0 aliphatic heterocycles. The van der Waals surface area contributed by atoms with E-state index in [1.807, 2.05) is 36.4 Å². The summed E-state index contributed by atoms with van der Waals surface area (Å²) in [5.74, 6) is 0.214. The third-order valence-electron chi connectivity index (χ3n) is 4.90. The van der Waals surface area contributed by atoms with Gasteiger partial charge in [-0.3, -0.25) is 14.9 Å². The minimum absolute atomic E-state index is 0.0122. The van der Waals surface area contributed by atoms with E-state index in [1.165, 1.54) is 24.0 Å². The molecule has 2 N–H and O–H groups in total. The van der Waals surface area contributed by atoms with Crippen LogP contribution in [-0.2, 0) is 17.6 Å². The van der Waals surface area contributed by atoms with E-state index in [1.54, 1.807) is 0 Å². The smallest absolute Gasteiger partial charge is 0.227 e. The summed E-state index contributed by atoms with van der Waals surface area (Å²) < 4.78 is 0. The number of imidazole rings is 1. The molecule has 132 valence electrons. The Bertz CT molecular complexity index is 941. The van der Waals surface area contributed by atoms with Gasteiger partial charge in [-0.1, -0.05) is 24.3 Å². The first-order valence-electron chi connectivity index (χ1n) is 9.09. The molecule has 0 unspecified atom stereocenters. The summed E-state index contributed by atoms with van der Waals surface area (Å²) in [5, 5.41) is 2.73. The van der Waals surface area contributed by atoms with Crippen LogP contribution in [0.25, 0.3) is 11.0 Å². The van der Waals surface area contributed by atoms with Crippen LogP contribution in [0.4, 0.5) is 5.95 Å². The molecule has 3 aromatic rings. The van der Waals surface area contributed by atoms with Crippen molar-refractivity contribution in [3.05, 3.63) is 59.2 Å². The van der Waals surface area contributed by atoms with Crippen molar-refractivity contribution >= 4 is 28.7 Å². The van der Waals surface area contributed by atoms with Crippen LogP contribution in [0.3, 0.4) is 0 Å². The molecule has 0 saturated heterocycles. The number of H-pyrrole nitrogens is 1. The number of aryl methyl sites for hydroxylation is 2. The number of Topliss-reactive ketones (excluding diaryl/α,β-unsaturated/α-hetero) is 1. The van der Waals surface area contributed by atoms with E-state index in [-0.39, 0.29) is 24.5 Å². The van der Waals surface area contributed by atoms with E-state index >= 15 is 0 Å². The zero-order chi connectivity index (χ0) is 17.9. The van der Waals surface area contributed by atoms with Crippen molar-refractivity contribution in [1.82, 2.24) is 9.97 Å². The minimum atomic E-state index is -0.213. The maximum absolute atomic E-state index is 12.4. The SMILES string of the molecule is O=C(CCC(=O)c1ccc2c(c1)CCCC2)Nc1nc2ccccc2[nH]1. The van der Waals surface area contributed by atoms with Gasteiger partial charge in [-0.25, -0.2) is 4.98 Å². The first-order chi connectivity index (χ1) is 12.7. The molecular weight excluding hydrogens is 326 g/mol. The molecule has 0 bridgehead atoms. The van der Waals surface area contributed by atoms with E-state index in [0.717, 1.165) is 23.9 Å². The average Bonchev–Trinajstić information content (AvgIpc) is 3.08. The summed E-state index contributed by atoms with van der Waals surface area (Å²) in [4.78, 5) is 31.9. The number of amides is 1. The Hall–Kier alpha value is -2.95. The van der Waals surface area contributed by atoms with Gasteiger partial charge in [-0.05, 0) is 55.0 Å². The zero-order valence-electron chi connectivity index (χ0n) is 14.5. The molecule has 4 rings (SSSR count). The lowest BCUT2D eigenvalue weighted by Crippen LogP contribution is -2.14. The Morgan fingerprint density at radius 2 is 1.81 bits per heavy atom. The number of ketones is 1. The molecule has 1 aliphatic rings. The number of carbonyl (C=O) groups is 2. The molecule has 1 aliphatic carbocycles. The Kier molecular flexibility index (Phi) is 4.52. The van der Waals surface area contributed by atoms with E-state index in [2.05, 4.69) is 21.4 Å². The number of carbonyl (C=O) groups excluding carboxylic acids is 2. The summed E-state index contributed by atoms with van der Waals surface area (Å²) in [7, 11) is 0. The van der Waals surface area contributed by atoms with Crippen LogP contribution in [-0.4, -0.2) is 21.7 Å². The van der Waals surface area contributed by atoms with E-state index in [4.69, 9.17) is 0 Å². The van der Waals surface area contributed by atoms with Crippen molar-refractivity contribution in [2.24, 2.45) is 0 Å². The van der Waals surface area contributed by atoms with Crippen molar-refractivity contribution < 1.29 is 9.59 Å². The first-order valence-corrected chi connectivity index (χ1v) is 9.09. The highest BCUT2D eigenvalue weighted by atomic mass is 16.2. The second kappa shape index (κ2) is 7.12. The molecule has 0 atom stereocenters. The highest BCUT2D eigenvalue weighted by molar-refractivity contribution is 6.00. The lowest BCUT2D eigenvalue weighted by atomic mass is 9.89. The fourth-order valence-corrected chi connectivity index (χ4v) is 3.48. The van der Waals surface area contributed by atoms with Gasteiger partial charge in [0, 0.05) is 18.4 Å². The monoisotopic (exact) mass is 347 g/mol. The zero-order valence-corrected chi connectivity index (χ0v) is 14.5. The summed E-state index contributed by atoms with van der Waals surface area (Å²) >= 11 is 0. The number of hydrogen-bond acceptors (Lipinski definition) is 3. The van der Waals surface area contributed by atoms with Crippen LogP contribution in [0.15, 0.2) is 42.5 Å². The van der Waals surface area contributed by atoms with Crippen LogP contribution in [0, 0.1) is 0 Å². The summed E-state index contributed by atoms with van der Waals surface area (Å²) in [6.45, 7) is 0. The van der Waals surface area contributed by atoms with Crippen molar-refractivity contribution in [2.75, 3.05) is 5.32 Å². The summed E-state index contributed by atoms with van der Waals surface area (Å²) in [5.41, 5.74) is 5.02. The van der Waals surface area contributed by atoms with Gasteiger partial charge in [0.25, 0.3) is 0 Å². The highest BCUT2D eigenvalue weighted by Crippen LogP contribution is 2.23. The van der Waals surface area contributed by atoms with E-state index < -0.39 is 0 Å². The van der Waals surface area contributed by atoms with Crippen molar-refractivity contribution in [3.63, 3.8) is 0 Å². The predicted octanol–water partition coefficient (Wildman–Crippen LogP) is 4.04. The number of benzene rings is 2. The van der Waals surface area contributed by atoms with E-state index in [9.17, 15) is 9.59 Å². The number of aromatic amines is 1. The number of nitrogens with one attached hydrogen (secondary N) is 2. The largest absolute Gasteiger partial charge is 0.324 e. The van der Waals surface area contributed by atoms with Gasteiger partial charge in [0.1, 0.15) is 0 Å². The molecule has 5 nitrogen and oxygen atoms in total. The quantitative estimate of drug-likeness (QED) is 0.684. The molecule has 0 radical (unpaired) electrons. The molecule has 1 aromatic heterocycles. The first kappa shape index (κ1) is 16.5. The summed E-state index contributed by atoms with van der Waals surface area (Å²) in [6, 6.07) is 13.5. The van der Waals surface area contributed by atoms with Crippen LogP contribution in [0.1, 0.15) is 47.2 Å². The molecule has 0 spiro atoms. The third-order valence-corrected chi connectivity index (χ3v) is 4.90. The Balaban J connectivity index is 1.35. The van der Waals surface area contributed by atoms with Gasteiger partial charge in [0.15, 0.2) is 5.78 Å². The van der Waals surface area contributed by atoms with E-state index in [0.29, 0.717) is 11.5 Å². The number of anilines is 1. The number of hydrogen-bond donors (Lipinski definition) is 2. The maximum atomic E-state index is 12.4. The maximum Gasteiger partial charge on any atom is 0.227 e. The molecule has 1 heterocycles. The summed E-state index contributed by atoms with van der Waals surface area (Å²) in [6.07, 6.45) is 4.90. The molecular formula is C21H21N3O2. The van der Waals surface area contributed by atoms with Crippen molar-refractivity contribution in [2.45, 2.75) is 38.5 Å². The Labute approximate surface area is 151 Å². The lowest BCUT2D eigenvalue weighted by Gasteiger charge is -2.16. The van der Waals surface area contributed by atoms with Gasteiger partial charge < -0.3 is 4.98 Å². The predicted molar refractivity (Wildman–Crippen MR) is 101 cm³/mol. The van der Waals surface area contributed by atoms with Crippen LogP contribution in [0.5, 0.6) is 0 Å². The number of nitrogens with zero attached hydrogens (tertiary/aromatic N) is 1. The fourth-order valence-electron chi connectivity index (χ4n) is 3.48. The lowest BCUT2D eigenvalue weighted by molar-refractivity contribution is -0.116. The molecule has 1 amide bonds. The van der Waals surface area contributed by atoms with Gasteiger partial charge in [0.2, 0.25) is 11.9 Å². The van der Waals surface area contributed by atoms with Crippen LogP contribution in [0.2, 0.25) is 0 Å². The standard InChI is InChI=1S/C21H21N3O2/c25-19(16-10-9-14-5-1-2-6-15(14)13-16)11-12-20(26)24-21-22-17-7-3-4-8-18(17)23-21/h3-4,7-10,13H,1-2,5-6,11-12H2,(H2,22,23,24,26). The fraction of sp³-hybridized carbons (Fsp3) is 0.286. The molecule has 2 aromatic carbocycles. The second-order valence-electron chi connectivity index (χ2n) is 6.76. The average molecular weight is 347 g/mol. The van der Waals surface area contributed by atoms with Crippen molar-refractivity contribution in [1.29, 1.82) is 0 Å². The highest BCUT2D eigenvalue weighted by Gasteiger charge is 2.14. The Morgan fingerprint density at radius 3 is 2.65 bits per heavy atom. The topological polar surface area (TPSA) is 74.8 Å². The van der Waals surface area contributed by atoms with Gasteiger partial charge in [0.05, 0.1) is 11.0 Å². The number of aromatic nitrogens is 2. The molecule has 0 fully saturated rings. The molecule has 26 heavy (non-hydrogen) atoms. The second-order valence-corrected chi connectivity index (χ2v) is 6.76. The van der Waals surface area contributed by atoms with Gasteiger partial charge in [-0.2, -0.15) is 0 Å². The normalized spacial score (nSPS) is 13.4. The van der Waals surface area contributed by atoms with Gasteiger partial charge >= 0.3 is 0 Å². The van der Waals surface area contributed by atoms with Gasteiger partial charge in [-0.15, -0.1) is 0 Å². The van der Waals surface area contributed by atoms with Crippen LogP contribution < -0.4 is 5.32 Å². The van der Waals surface area contributed by atoms with Crippen molar-refractivity contribution in [3.8, 4) is 0 Å². The number of rotatable bonds is 5. The Morgan fingerprint density at radius 1 is 1.00 bits per heavy atom. The molecule has 5 heteroatoms. The number of para-hydroxylation sites is 2. The third kappa shape index (κ3) is 3.52. The van der Waals surface area contributed by atoms with Crippen LogP contribution >= 0.6 is 0 Å².